The second-order valence-electron chi connectivity index (χ2n) is 14.6. The summed E-state index contributed by atoms with van der Waals surface area (Å²) in [6, 6.07) is 67.7. The van der Waals surface area contributed by atoms with Gasteiger partial charge >= 0.3 is 0 Å². The van der Waals surface area contributed by atoms with Gasteiger partial charge in [-0.3, -0.25) is 0 Å². The summed E-state index contributed by atoms with van der Waals surface area (Å²) in [7, 11) is 0. The van der Waals surface area contributed by atoms with E-state index in [0.29, 0.717) is 17.5 Å². The zero-order valence-electron chi connectivity index (χ0n) is 32.3. The molecular formula is C55H38N4. The van der Waals surface area contributed by atoms with E-state index in [0.717, 1.165) is 67.9 Å². The van der Waals surface area contributed by atoms with Gasteiger partial charge in [-0.2, -0.15) is 0 Å². The summed E-state index contributed by atoms with van der Waals surface area (Å²) >= 11 is 0. The minimum absolute atomic E-state index is 0.613. The predicted molar refractivity (Wildman–Crippen MR) is 243 cm³/mol. The monoisotopic (exact) mass is 754 g/mol. The van der Waals surface area contributed by atoms with Crippen LogP contribution in [0.3, 0.4) is 0 Å². The first kappa shape index (κ1) is 35.6. The number of rotatable bonds is 8. The van der Waals surface area contributed by atoms with Gasteiger partial charge in [0, 0.05) is 27.8 Å². The molecule has 0 fully saturated rings. The molecule has 2 heterocycles. The van der Waals surface area contributed by atoms with E-state index >= 15 is 0 Å². The Morgan fingerprint density at radius 1 is 0.305 bits per heavy atom. The van der Waals surface area contributed by atoms with Crippen LogP contribution in [0.2, 0.25) is 0 Å². The summed E-state index contributed by atoms with van der Waals surface area (Å²) in [5.41, 5.74) is 16.1. The Bertz CT molecular complexity index is 2870. The molecule has 0 aliphatic heterocycles. The van der Waals surface area contributed by atoms with E-state index in [-0.39, 0.29) is 0 Å². The molecule has 2 aromatic heterocycles. The first-order valence-electron chi connectivity index (χ1n) is 19.9. The molecule has 0 saturated heterocycles. The van der Waals surface area contributed by atoms with Gasteiger partial charge < -0.3 is 0 Å². The van der Waals surface area contributed by atoms with Gasteiger partial charge in [0.15, 0.2) is 17.5 Å². The van der Waals surface area contributed by atoms with Crippen LogP contribution >= 0.6 is 0 Å². The number of benzene rings is 7. The van der Waals surface area contributed by atoms with Gasteiger partial charge in [-0.1, -0.05) is 194 Å². The summed E-state index contributed by atoms with van der Waals surface area (Å²) in [4.78, 5) is 20.5. The molecule has 0 amide bonds. The molecule has 0 radical (unpaired) electrons. The van der Waals surface area contributed by atoms with Crippen molar-refractivity contribution >= 4 is 6.08 Å². The number of nitrogens with zero attached hydrogens (tertiary/aromatic N) is 4. The highest BCUT2D eigenvalue weighted by molar-refractivity contribution is 5.86. The maximum absolute atomic E-state index is 5.23. The fraction of sp³-hybridized carbons (Fsp3) is 0.0182. The maximum Gasteiger partial charge on any atom is 0.164 e. The first-order chi connectivity index (χ1) is 29.2. The standard InChI is InChI=1S/C55H38N4/c1-5-15-38(16-6-1)40-27-31-43(32-28-40)53-57-54(44-33-29-41(30-34-44)39-17-7-2-8-18-39)59-55(58-53)49-25-14-23-46(36-49)45-22-13-24-48(35-45)52-51(42-19-9-3-10-20-42)47-21-11-4-12-26-50(37-47)56-52/h1-20,22-37H,21H2. The lowest BCUT2D eigenvalue weighted by Gasteiger charge is -2.17. The molecule has 59 heavy (non-hydrogen) atoms. The van der Waals surface area contributed by atoms with Gasteiger partial charge in [0.2, 0.25) is 0 Å². The molecule has 0 unspecified atom stereocenters. The number of aromatic nitrogens is 4. The van der Waals surface area contributed by atoms with E-state index in [1.165, 1.54) is 22.3 Å². The van der Waals surface area contributed by atoms with Gasteiger partial charge in [-0.25, -0.2) is 19.9 Å². The maximum atomic E-state index is 5.23. The van der Waals surface area contributed by atoms with E-state index in [1.807, 2.05) is 12.1 Å². The van der Waals surface area contributed by atoms with E-state index in [1.54, 1.807) is 0 Å². The molecule has 1 aliphatic rings. The van der Waals surface area contributed by atoms with Crippen molar-refractivity contribution in [2.24, 2.45) is 0 Å². The second kappa shape index (κ2) is 16.0. The Kier molecular flexibility index (Phi) is 9.63. The lowest BCUT2D eigenvalue weighted by atomic mass is 9.90. The second-order valence-corrected chi connectivity index (χ2v) is 14.6. The van der Waals surface area contributed by atoms with Crippen molar-refractivity contribution in [1.82, 2.24) is 19.9 Å². The van der Waals surface area contributed by atoms with Crippen molar-refractivity contribution in [3.05, 3.63) is 224 Å². The van der Waals surface area contributed by atoms with E-state index in [4.69, 9.17) is 19.9 Å². The minimum Gasteiger partial charge on any atom is -0.248 e. The third kappa shape index (κ3) is 7.55. The highest BCUT2D eigenvalue weighted by Crippen LogP contribution is 2.38. The normalized spacial score (nSPS) is 11.9. The van der Waals surface area contributed by atoms with Crippen LogP contribution in [0, 0.1) is 0 Å². The number of hydrogen-bond donors (Lipinski definition) is 0. The first-order valence-corrected chi connectivity index (χ1v) is 19.9. The minimum atomic E-state index is 0.613. The molecule has 0 saturated carbocycles. The Morgan fingerprint density at radius 3 is 1.29 bits per heavy atom. The highest BCUT2D eigenvalue weighted by atomic mass is 15.0. The average molecular weight is 755 g/mol. The summed E-state index contributed by atoms with van der Waals surface area (Å²) in [5.74, 6) is 1.86. The van der Waals surface area contributed by atoms with Gasteiger partial charge in [0.05, 0.1) is 11.4 Å². The Labute approximate surface area is 344 Å². The third-order valence-electron chi connectivity index (χ3n) is 10.8. The number of allylic oxidation sites excluding steroid dienone is 3. The van der Waals surface area contributed by atoms with Crippen LogP contribution in [0.1, 0.15) is 11.3 Å². The van der Waals surface area contributed by atoms with Crippen molar-refractivity contribution in [3.63, 3.8) is 0 Å². The van der Waals surface area contributed by atoms with Crippen LogP contribution in [0.15, 0.2) is 212 Å². The number of pyridine rings is 1. The van der Waals surface area contributed by atoms with E-state index < -0.39 is 0 Å². The Hall–Kier alpha value is -7.82. The highest BCUT2D eigenvalue weighted by Gasteiger charge is 2.18. The summed E-state index contributed by atoms with van der Waals surface area (Å²) in [5, 5.41) is 0. The van der Waals surface area contributed by atoms with E-state index in [2.05, 4.69) is 206 Å². The molecular weight excluding hydrogens is 717 g/mol. The van der Waals surface area contributed by atoms with Crippen molar-refractivity contribution in [1.29, 1.82) is 0 Å². The molecule has 0 N–H and O–H groups in total. The van der Waals surface area contributed by atoms with Crippen molar-refractivity contribution in [2.45, 2.75) is 6.42 Å². The van der Waals surface area contributed by atoms with Crippen LogP contribution in [0.5, 0.6) is 0 Å². The molecule has 0 atom stereocenters. The lowest BCUT2D eigenvalue weighted by molar-refractivity contribution is 1.07. The molecule has 4 heteroatoms. The Balaban J connectivity index is 1.05. The number of fused-ring (bicyclic) bond motifs is 2. The quantitative estimate of drug-likeness (QED) is 0.155. The van der Waals surface area contributed by atoms with Crippen LogP contribution in [-0.2, 0) is 6.42 Å². The molecule has 4 nitrogen and oxygen atoms in total. The number of hydrogen-bond acceptors (Lipinski definition) is 4. The summed E-state index contributed by atoms with van der Waals surface area (Å²) in [6.45, 7) is 0. The topological polar surface area (TPSA) is 51.6 Å². The zero-order chi connectivity index (χ0) is 39.4. The smallest absolute Gasteiger partial charge is 0.164 e. The van der Waals surface area contributed by atoms with Crippen molar-refractivity contribution in [2.75, 3.05) is 0 Å². The van der Waals surface area contributed by atoms with Crippen molar-refractivity contribution in [3.8, 4) is 89.9 Å². The van der Waals surface area contributed by atoms with E-state index in [9.17, 15) is 0 Å². The summed E-state index contributed by atoms with van der Waals surface area (Å²) < 4.78 is 0. The molecule has 1 aliphatic carbocycles. The predicted octanol–water partition coefficient (Wildman–Crippen LogP) is 13.7. The molecule has 9 aromatic rings. The molecule has 10 rings (SSSR count). The van der Waals surface area contributed by atoms with Gasteiger partial charge in [-0.05, 0) is 75.2 Å². The average Bonchev–Trinajstić information content (AvgIpc) is 3.31. The lowest BCUT2D eigenvalue weighted by Crippen LogP contribution is -2.00. The SMILES string of the molecule is C1=CCc2cc(nc(-c3cccc(-c4cccc(-c5nc(-c6ccc(-c7ccccc7)cc6)nc(-c6ccc(-c7ccccc7)cc6)n5)c4)c3)c2-c2ccccc2)C=C1. The summed E-state index contributed by atoms with van der Waals surface area (Å²) in [6.07, 6.45) is 9.30. The van der Waals surface area contributed by atoms with Gasteiger partial charge in [0.1, 0.15) is 0 Å². The fourth-order valence-corrected chi connectivity index (χ4v) is 7.76. The fourth-order valence-electron chi connectivity index (χ4n) is 7.76. The van der Waals surface area contributed by atoms with Gasteiger partial charge in [0.25, 0.3) is 0 Å². The van der Waals surface area contributed by atoms with Crippen LogP contribution in [0.4, 0.5) is 0 Å². The van der Waals surface area contributed by atoms with Crippen LogP contribution in [0.25, 0.3) is 96.0 Å². The van der Waals surface area contributed by atoms with Crippen molar-refractivity contribution < 1.29 is 0 Å². The molecule has 7 aromatic carbocycles. The van der Waals surface area contributed by atoms with Crippen LogP contribution in [-0.4, -0.2) is 19.9 Å². The molecule has 278 valence electrons. The largest absolute Gasteiger partial charge is 0.248 e. The Morgan fingerprint density at radius 2 is 0.729 bits per heavy atom. The van der Waals surface area contributed by atoms with Crippen LogP contribution < -0.4 is 0 Å². The third-order valence-corrected chi connectivity index (χ3v) is 10.8. The zero-order valence-corrected chi connectivity index (χ0v) is 32.3. The van der Waals surface area contributed by atoms with Gasteiger partial charge in [-0.15, -0.1) is 0 Å². The molecule has 0 spiro atoms. The molecule has 2 bridgehead atoms.